The van der Waals surface area contributed by atoms with E-state index < -0.39 is 12.1 Å². The number of hydrogen-bond donors (Lipinski definition) is 1. The molecule has 0 saturated carbocycles. The third-order valence-electron chi connectivity index (χ3n) is 2.21. The maximum atomic E-state index is 11.3. The van der Waals surface area contributed by atoms with Gasteiger partial charge in [0.1, 0.15) is 0 Å². The molecule has 1 N–H and O–H groups in total. The molecule has 0 radical (unpaired) electrons. The molecule has 6 heteroatoms. The van der Waals surface area contributed by atoms with Gasteiger partial charge in [-0.25, -0.2) is 4.79 Å². The van der Waals surface area contributed by atoms with E-state index in [2.05, 4.69) is 21.0 Å². The lowest BCUT2D eigenvalue weighted by Gasteiger charge is -2.10. The molecule has 0 aromatic carbocycles. The summed E-state index contributed by atoms with van der Waals surface area (Å²) in [6.07, 6.45) is -0.956. The maximum absolute atomic E-state index is 11.3. The first-order valence-corrected chi connectivity index (χ1v) is 5.79. The van der Waals surface area contributed by atoms with Crippen LogP contribution in [0.3, 0.4) is 0 Å². The van der Waals surface area contributed by atoms with Crippen LogP contribution in [0.15, 0.2) is 4.47 Å². The molecule has 0 amide bonds. The fourth-order valence-electron chi connectivity index (χ4n) is 1.41. The number of halogens is 1. The van der Waals surface area contributed by atoms with Crippen LogP contribution in [0.25, 0.3) is 0 Å². The van der Waals surface area contributed by atoms with Crippen molar-refractivity contribution in [2.75, 3.05) is 6.61 Å². The van der Waals surface area contributed by atoms with Crippen LogP contribution in [0.1, 0.15) is 18.3 Å². The monoisotopic (exact) mass is 290 g/mol. The number of esters is 1. The van der Waals surface area contributed by atoms with Crippen molar-refractivity contribution in [3.05, 3.63) is 15.9 Å². The molecule has 90 valence electrons. The second kappa shape index (κ2) is 5.45. The predicted molar refractivity (Wildman–Crippen MR) is 62.0 cm³/mol. The fourth-order valence-corrected chi connectivity index (χ4v) is 1.90. The van der Waals surface area contributed by atoms with Gasteiger partial charge in [-0.2, -0.15) is 5.10 Å². The summed E-state index contributed by atoms with van der Waals surface area (Å²) in [5.74, 6) is -0.603. The van der Waals surface area contributed by atoms with Crippen molar-refractivity contribution in [1.29, 1.82) is 0 Å². The van der Waals surface area contributed by atoms with E-state index in [4.69, 9.17) is 4.74 Å². The van der Waals surface area contributed by atoms with E-state index in [1.54, 1.807) is 18.7 Å². The van der Waals surface area contributed by atoms with Crippen LogP contribution in [0.5, 0.6) is 0 Å². The predicted octanol–water partition coefficient (Wildman–Crippen LogP) is 0.958. The van der Waals surface area contributed by atoms with Crippen LogP contribution in [0.2, 0.25) is 0 Å². The minimum Gasteiger partial charge on any atom is -0.464 e. The van der Waals surface area contributed by atoms with E-state index in [1.807, 2.05) is 6.92 Å². The van der Waals surface area contributed by atoms with Gasteiger partial charge in [-0.1, -0.05) is 0 Å². The molecule has 1 heterocycles. The Morgan fingerprint density at radius 1 is 1.69 bits per heavy atom. The number of rotatable bonds is 4. The molecule has 0 aliphatic heterocycles. The van der Waals surface area contributed by atoms with Crippen molar-refractivity contribution < 1.29 is 14.6 Å². The second-order valence-corrected chi connectivity index (χ2v) is 4.23. The van der Waals surface area contributed by atoms with Gasteiger partial charge in [0.25, 0.3) is 0 Å². The lowest BCUT2D eigenvalue weighted by molar-refractivity contribution is -0.152. The molecule has 0 fully saturated rings. The van der Waals surface area contributed by atoms with Crippen LogP contribution in [0.4, 0.5) is 0 Å². The SMILES string of the molecule is CCOC(=O)C(O)Cc1c(Br)c(C)nn1C. The molecule has 0 aliphatic rings. The number of ether oxygens (including phenoxy) is 1. The highest BCUT2D eigenvalue weighted by molar-refractivity contribution is 9.10. The number of carbonyl (C=O) groups excluding carboxylic acids is 1. The van der Waals surface area contributed by atoms with Gasteiger partial charge >= 0.3 is 5.97 Å². The number of hydrogen-bond acceptors (Lipinski definition) is 4. The van der Waals surface area contributed by atoms with Crippen molar-refractivity contribution >= 4 is 21.9 Å². The van der Waals surface area contributed by atoms with E-state index in [-0.39, 0.29) is 13.0 Å². The second-order valence-electron chi connectivity index (χ2n) is 3.44. The summed E-state index contributed by atoms with van der Waals surface area (Å²) in [4.78, 5) is 11.3. The van der Waals surface area contributed by atoms with Crippen molar-refractivity contribution in [3.8, 4) is 0 Å². The molecule has 0 bridgehead atoms. The van der Waals surface area contributed by atoms with Crippen LogP contribution in [-0.4, -0.2) is 33.6 Å². The maximum Gasteiger partial charge on any atom is 0.335 e. The minimum absolute atomic E-state index is 0.191. The van der Waals surface area contributed by atoms with E-state index in [0.29, 0.717) is 0 Å². The van der Waals surface area contributed by atoms with Crippen molar-refractivity contribution in [1.82, 2.24) is 9.78 Å². The fraction of sp³-hybridized carbons (Fsp3) is 0.600. The number of aromatic nitrogens is 2. The summed E-state index contributed by atoms with van der Waals surface area (Å²) >= 11 is 3.37. The van der Waals surface area contributed by atoms with E-state index in [9.17, 15) is 9.90 Å². The zero-order chi connectivity index (χ0) is 12.3. The zero-order valence-electron chi connectivity index (χ0n) is 9.53. The first-order valence-electron chi connectivity index (χ1n) is 5.00. The van der Waals surface area contributed by atoms with Crippen molar-refractivity contribution in [2.24, 2.45) is 7.05 Å². The number of nitrogens with zero attached hydrogens (tertiary/aromatic N) is 2. The number of aliphatic hydroxyl groups excluding tert-OH is 1. The van der Waals surface area contributed by atoms with E-state index >= 15 is 0 Å². The molecule has 1 atom stereocenters. The topological polar surface area (TPSA) is 64.3 Å². The van der Waals surface area contributed by atoms with Crippen molar-refractivity contribution in [3.63, 3.8) is 0 Å². The van der Waals surface area contributed by atoms with Gasteiger partial charge in [0.15, 0.2) is 6.10 Å². The number of aryl methyl sites for hydroxylation is 2. The quantitative estimate of drug-likeness (QED) is 0.839. The average molecular weight is 291 g/mol. The Hall–Kier alpha value is -0.880. The van der Waals surface area contributed by atoms with Crippen LogP contribution in [0, 0.1) is 6.92 Å². The van der Waals surface area contributed by atoms with Gasteiger partial charge in [-0.05, 0) is 29.8 Å². The summed E-state index contributed by atoms with van der Waals surface area (Å²) in [7, 11) is 1.77. The summed E-state index contributed by atoms with van der Waals surface area (Å²) < 4.78 is 7.19. The van der Waals surface area contributed by atoms with Gasteiger partial charge in [0.2, 0.25) is 0 Å². The molecular formula is C10H15BrN2O3. The van der Waals surface area contributed by atoms with Crippen LogP contribution < -0.4 is 0 Å². The standard InChI is InChI=1S/C10H15BrN2O3/c1-4-16-10(15)8(14)5-7-9(11)6(2)12-13(7)3/h8,14H,4-5H2,1-3H3. The third kappa shape index (κ3) is 2.82. The Morgan fingerprint density at radius 2 is 2.31 bits per heavy atom. The third-order valence-corrected chi connectivity index (χ3v) is 3.24. The Morgan fingerprint density at radius 3 is 2.75 bits per heavy atom. The van der Waals surface area contributed by atoms with Gasteiger partial charge in [-0.3, -0.25) is 4.68 Å². The molecule has 0 saturated heterocycles. The molecule has 1 aromatic rings. The van der Waals surface area contributed by atoms with Crippen molar-refractivity contribution in [2.45, 2.75) is 26.4 Å². The van der Waals surface area contributed by atoms with E-state index in [0.717, 1.165) is 15.9 Å². The van der Waals surface area contributed by atoms with Crippen LogP contribution in [-0.2, 0) is 23.0 Å². The summed E-state index contributed by atoms with van der Waals surface area (Å²) in [5.41, 5.74) is 1.60. The molecule has 1 unspecified atom stereocenters. The molecule has 5 nitrogen and oxygen atoms in total. The number of carbonyl (C=O) groups is 1. The van der Waals surface area contributed by atoms with Crippen LogP contribution >= 0.6 is 15.9 Å². The lowest BCUT2D eigenvalue weighted by atomic mass is 10.2. The van der Waals surface area contributed by atoms with Gasteiger partial charge in [-0.15, -0.1) is 0 Å². The Balaban J connectivity index is 2.76. The minimum atomic E-state index is -1.15. The largest absolute Gasteiger partial charge is 0.464 e. The number of aliphatic hydroxyl groups is 1. The average Bonchev–Trinajstić information content (AvgIpc) is 2.45. The smallest absolute Gasteiger partial charge is 0.335 e. The van der Waals surface area contributed by atoms with E-state index in [1.165, 1.54) is 0 Å². The highest BCUT2D eigenvalue weighted by atomic mass is 79.9. The summed E-state index contributed by atoms with van der Waals surface area (Å²) in [6, 6.07) is 0. The molecular weight excluding hydrogens is 276 g/mol. The first-order chi connectivity index (χ1) is 7.47. The van der Waals surface area contributed by atoms with Gasteiger partial charge < -0.3 is 9.84 Å². The normalized spacial score (nSPS) is 12.6. The lowest BCUT2D eigenvalue weighted by Crippen LogP contribution is -2.26. The molecule has 0 aliphatic carbocycles. The van der Waals surface area contributed by atoms with Gasteiger partial charge in [0.05, 0.1) is 22.5 Å². The first kappa shape index (κ1) is 13.2. The molecule has 1 rings (SSSR count). The molecule has 0 spiro atoms. The Bertz CT molecular complexity index is 390. The zero-order valence-corrected chi connectivity index (χ0v) is 11.1. The summed E-state index contributed by atoms with van der Waals surface area (Å²) in [6.45, 7) is 3.82. The van der Waals surface area contributed by atoms with Gasteiger partial charge in [0, 0.05) is 13.5 Å². The Labute approximate surface area is 103 Å². The Kier molecular flexibility index (Phi) is 4.49. The molecule has 16 heavy (non-hydrogen) atoms. The summed E-state index contributed by atoms with van der Waals surface area (Å²) in [5, 5.41) is 13.8. The highest BCUT2D eigenvalue weighted by Crippen LogP contribution is 2.21. The molecule has 1 aromatic heterocycles. The highest BCUT2D eigenvalue weighted by Gasteiger charge is 2.21.